The topological polar surface area (TPSA) is 79.5 Å². The number of hydrogen-bond acceptors (Lipinski definition) is 5. The molecule has 0 aromatic carbocycles. The quantitative estimate of drug-likeness (QED) is 0.876. The van der Waals surface area contributed by atoms with Crippen molar-refractivity contribution in [1.29, 1.82) is 0 Å². The Morgan fingerprint density at radius 3 is 2.89 bits per heavy atom. The predicted molar refractivity (Wildman–Crippen MR) is 67.7 cm³/mol. The molecule has 2 aromatic heterocycles. The molecule has 0 atom stereocenters. The first-order valence-corrected chi connectivity index (χ1v) is 7.60. The van der Waals surface area contributed by atoms with Gasteiger partial charge in [-0.3, -0.25) is 0 Å². The van der Waals surface area contributed by atoms with Crippen LogP contribution >= 0.6 is 11.3 Å². The molecule has 98 valence electrons. The van der Waals surface area contributed by atoms with Crippen LogP contribution in [0.1, 0.15) is 16.2 Å². The third kappa shape index (κ3) is 2.64. The van der Waals surface area contributed by atoms with Gasteiger partial charge in [-0.15, -0.1) is 11.3 Å². The molecule has 5 nitrogen and oxygen atoms in total. The number of nitrogens with one attached hydrogen (secondary N) is 1. The third-order valence-corrected chi connectivity index (χ3v) is 5.27. The van der Waals surface area contributed by atoms with E-state index in [1.54, 1.807) is 24.4 Å². The molecule has 0 radical (unpaired) electrons. The summed E-state index contributed by atoms with van der Waals surface area (Å²) in [7, 11) is -3.63. The van der Waals surface area contributed by atoms with Gasteiger partial charge in [-0.2, -0.15) is 0 Å². The molecule has 18 heavy (non-hydrogen) atoms. The Bertz CT molecular complexity index is 614. The van der Waals surface area contributed by atoms with E-state index in [4.69, 9.17) is 9.52 Å². The van der Waals surface area contributed by atoms with Crippen molar-refractivity contribution in [2.45, 2.75) is 25.0 Å². The summed E-state index contributed by atoms with van der Waals surface area (Å²) in [5.74, 6) is 0.539. The maximum Gasteiger partial charge on any atom is 0.242 e. The second kappa shape index (κ2) is 5.23. The number of thiophene rings is 1. The smallest absolute Gasteiger partial charge is 0.242 e. The van der Waals surface area contributed by atoms with E-state index in [-0.39, 0.29) is 18.0 Å². The zero-order chi connectivity index (χ0) is 13.2. The van der Waals surface area contributed by atoms with E-state index in [2.05, 4.69) is 4.72 Å². The van der Waals surface area contributed by atoms with Crippen LogP contribution in [0.15, 0.2) is 33.1 Å². The molecule has 2 aromatic rings. The van der Waals surface area contributed by atoms with Crippen LogP contribution in [-0.4, -0.2) is 13.5 Å². The molecule has 2 heterocycles. The fourth-order valence-electron chi connectivity index (χ4n) is 1.61. The Kier molecular flexibility index (Phi) is 3.86. The van der Waals surface area contributed by atoms with E-state index in [9.17, 15) is 8.42 Å². The van der Waals surface area contributed by atoms with Crippen LogP contribution in [0.4, 0.5) is 0 Å². The van der Waals surface area contributed by atoms with Crippen LogP contribution in [0.25, 0.3) is 0 Å². The summed E-state index contributed by atoms with van der Waals surface area (Å²) in [6.07, 6.45) is 1.48. The fraction of sp³-hybridized carbons (Fsp3) is 0.273. The molecule has 0 aliphatic rings. The van der Waals surface area contributed by atoms with Crippen molar-refractivity contribution in [3.63, 3.8) is 0 Å². The minimum Gasteiger partial charge on any atom is -0.468 e. The van der Waals surface area contributed by atoms with Crippen molar-refractivity contribution in [3.05, 3.63) is 40.0 Å². The Morgan fingerprint density at radius 1 is 1.50 bits per heavy atom. The molecule has 0 amide bonds. The highest BCUT2D eigenvalue weighted by Crippen LogP contribution is 2.26. The Hall–Kier alpha value is -1.15. The number of aliphatic hydroxyl groups excluding tert-OH is 1. The van der Waals surface area contributed by atoms with Crippen molar-refractivity contribution in [2.75, 3.05) is 0 Å². The summed E-state index contributed by atoms with van der Waals surface area (Å²) in [6.45, 7) is 1.52. The molecule has 2 N–H and O–H groups in total. The Balaban J connectivity index is 2.22. The molecule has 0 bridgehead atoms. The van der Waals surface area contributed by atoms with E-state index in [0.717, 1.165) is 0 Å². The van der Waals surface area contributed by atoms with E-state index in [0.29, 0.717) is 16.2 Å². The zero-order valence-electron chi connectivity index (χ0n) is 9.71. The van der Waals surface area contributed by atoms with Gasteiger partial charge in [-0.05, 0) is 30.0 Å². The molecule has 0 aliphatic heterocycles. The van der Waals surface area contributed by atoms with Gasteiger partial charge in [0.05, 0.1) is 24.3 Å². The SMILES string of the molecule is Cc1csc(CO)c1S(=O)(=O)NCc1ccco1. The van der Waals surface area contributed by atoms with Gasteiger partial charge in [0.1, 0.15) is 10.7 Å². The number of hydrogen-bond donors (Lipinski definition) is 2. The Labute approximate surface area is 109 Å². The average molecular weight is 287 g/mol. The second-order valence-corrected chi connectivity index (χ2v) is 6.40. The van der Waals surface area contributed by atoms with Crippen molar-refractivity contribution in [1.82, 2.24) is 4.72 Å². The molecule has 0 saturated carbocycles. The predicted octanol–water partition coefficient (Wildman–Crippen LogP) is 1.62. The highest BCUT2D eigenvalue weighted by molar-refractivity contribution is 7.89. The lowest BCUT2D eigenvalue weighted by molar-refractivity contribution is 0.282. The van der Waals surface area contributed by atoms with Crippen LogP contribution in [-0.2, 0) is 23.2 Å². The molecule has 0 fully saturated rings. The number of furan rings is 1. The minimum atomic E-state index is -3.63. The molecule has 7 heteroatoms. The molecule has 0 saturated heterocycles. The lowest BCUT2D eigenvalue weighted by Gasteiger charge is -2.07. The first kappa shape index (κ1) is 13.3. The normalized spacial score (nSPS) is 11.9. The van der Waals surface area contributed by atoms with Crippen LogP contribution in [0.5, 0.6) is 0 Å². The van der Waals surface area contributed by atoms with Crippen LogP contribution in [0.2, 0.25) is 0 Å². The van der Waals surface area contributed by atoms with E-state index in [1.165, 1.54) is 17.6 Å². The van der Waals surface area contributed by atoms with E-state index >= 15 is 0 Å². The molecule has 0 aliphatic carbocycles. The highest BCUT2D eigenvalue weighted by Gasteiger charge is 2.22. The van der Waals surface area contributed by atoms with Crippen LogP contribution < -0.4 is 4.72 Å². The van der Waals surface area contributed by atoms with Gasteiger partial charge in [0, 0.05) is 0 Å². The van der Waals surface area contributed by atoms with Gasteiger partial charge >= 0.3 is 0 Å². The lowest BCUT2D eigenvalue weighted by Crippen LogP contribution is -2.24. The summed E-state index contributed by atoms with van der Waals surface area (Å²) < 4.78 is 31.8. The summed E-state index contributed by atoms with van der Waals surface area (Å²) in [4.78, 5) is 0.612. The second-order valence-electron chi connectivity index (χ2n) is 3.73. The number of sulfonamides is 1. The first-order valence-electron chi connectivity index (χ1n) is 5.24. The summed E-state index contributed by atoms with van der Waals surface area (Å²) in [5, 5.41) is 10.9. The summed E-state index contributed by atoms with van der Waals surface area (Å²) in [6, 6.07) is 3.38. The van der Waals surface area contributed by atoms with Gasteiger partial charge in [0.15, 0.2) is 0 Å². The third-order valence-electron chi connectivity index (χ3n) is 2.42. The number of rotatable bonds is 5. The largest absolute Gasteiger partial charge is 0.468 e. The molecular weight excluding hydrogens is 274 g/mol. The standard InChI is InChI=1S/C11H13NO4S2/c1-8-7-17-10(6-13)11(8)18(14,15)12-5-9-3-2-4-16-9/h2-4,7,12-13H,5-6H2,1H3. The van der Waals surface area contributed by atoms with Gasteiger partial charge < -0.3 is 9.52 Å². The van der Waals surface area contributed by atoms with Crippen molar-refractivity contribution < 1.29 is 17.9 Å². The molecule has 0 unspecified atom stereocenters. The maximum absolute atomic E-state index is 12.1. The lowest BCUT2D eigenvalue weighted by atomic mass is 10.3. The Morgan fingerprint density at radius 2 is 2.28 bits per heavy atom. The number of aryl methyl sites for hydroxylation is 1. The van der Waals surface area contributed by atoms with E-state index in [1.807, 2.05) is 0 Å². The highest BCUT2D eigenvalue weighted by atomic mass is 32.2. The van der Waals surface area contributed by atoms with Gasteiger partial charge in [-0.1, -0.05) is 0 Å². The van der Waals surface area contributed by atoms with Gasteiger partial charge in [0.2, 0.25) is 10.0 Å². The van der Waals surface area contributed by atoms with Gasteiger partial charge in [0.25, 0.3) is 0 Å². The molecule has 0 spiro atoms. The fourth-order valence-corrected chi connectivity index (χ4v) is 4.26. The van der Waals surface area contributed by atoms with Crippen molar-refractivity contribution >= 4 is 21.4 Å². The maximum atomic E-state index is 12.1. The summed E-state index contributed by atoms with van der Waals surface area (Å²) in [5.41, 5.74) is 0.635. The van der Waals surface area contributed by atoms with E-state index < -0.39 is 10.0 Å². The minimum absolute atomic E-state index is 0.0927. The summed E-state index contributed by atoms with van der Waals surface area (Å²) >= 11 is 1.23. The monoisotopic (exact) mass is 287 g/mol. The first-order chi connectivity index (χ1) is 8.54. The van der Waals surface area contributed by atoms with Crippen LogP contribution in [0, 0.1) is 6.92 Å². The van der Waals surface area contributed by atoms with Crippen LogP contribution in [0.3, 0.4) is 0 Å². The van der Waals surface area contributed by atoms with Crippen molar-refractivity contribution in [3.8, 4) is 0 Å². The molecular formula is C11H13NO4S2. The molecule has 2 rings (SSSR count). The van der Waals surface area contributed by atoms with Crippen molar-refractivity contribution in [2.24, 2.45) is 0 Å². The average Bonchev–Trinajstić information content (AvgIpc) is 2.95. The zero-order valence-corrected chi connectivity index (χ0v) is 11.3. The van der Waals surface area contributed by atoms with Gasteiger partial charge in [-0.25, -0.2) is 13.1 Å². The number of aliphatic hydroxyl groups is 1.